The summed E-state index contributed by atoms with van der Waals surface area (Å²) in [5, 5.41) is 15.3. The largest absolute Gasteiger partial charge is 0.419 e. The Bertz CT molecular complexity index is 539. The minimum Gasteiger partial charge on any atom is -0.387 e. The van der Waals surface area contributed by atoms with Gasteiger partial charge in [0, 0.05) is 18.7 Å². The first kappa shape index (κ1) is 15.7. The second-order valence-corrected chi connectivity index (χ2v) is 5.03. The van der Waals surface area contributed by atoms with E-state index in [1.807, 2.05) is 0 Å². The zero-order chi connectivity index (χ0) is 15.7. The van der Waals surface area contributed by atoms with Gasteiger partial charge in [0.1, 0.15) is 5.82 Å². The lowest BCUT2D eigenvalue weighted by Crippen LogP contribution is -2.44. The molecule has 0 bridgehead atoms. The van der Waals surface area contributed by atoms with Crippen LogP contribution in [-0.4, -0.2) is 36.2 Å². The maximum atomic E-state index is 13.1. The number of alkyl halides is 3. The van der Waals surface area contributed by atoms with Crippen molar-refractivity contribution in [2.45, 2.75) is 18.2 Å². The van der Waals surface area contributed by atoms with Crippen molar-refractivity contribution >= 4 is 5.91 Å². The molecule has 1 aliphatic heterocycles. The highest BCUT2D eigenvalue weighted by atomic mass is 19.4. The van der Waals surface area contributed by atoms with Gasteiger partial charge in [0.25, 0.3) is 5.91 Å². The second kappa shape index (κ2) is 5.61. The third-order valence-corrected chi connectivity index (χ3v) is 3.33. The zero-order valence-electron chi connectivity index (χ0n) is 10.9. The van der Waals surface area contributed by atoms with E-state index in [0.717, 1.165) is 6.07 Å². The monoisotopic (exact) mass is 306 g/mol. The molecule has 0 aliphatic carbocycles. The van der Waals surface area contributed by atoms with Crippen LogP contribution in [0.15, 0.2) is 18.2 Å². The molecule has 1 aromatic rings. The number of amides is 1. The average Bonchev–Trinajstić information content (AvgIpc) is 2.83. The van der Waals surface area contributed by atoms with Crippen LogP contribution in [0.2, 0.25) is 0 Å². The van der Waals surface area contributed by atoms with Crippen molar-refractivity contribution in [3.63, 3.8) is 0 Å². The molecule has 1 aromatic carbocycles. The fourth-order valence-electron chi connectivity index (χ4n) is 2.11. The second-order valence-electron chi connectivity index (χ2n) is 5.03. The maximum Gasteiger partial charge on any atom is 0.419 e. The smallest absolute Gasteiger partial charge is 0.387 e. The first-order valence-corrected chi connectivity index (χ1v) is 6.29. The van der Waals surface area contributed by atoms with Crippen LogP contribution in [0.25, 0.3) is 0 Å². The summed E-state index contributed by atoms with van der Waals surface area (Å²) in [5.41, 5.74) is -2.91. The number of carbonyl (C=O) groups is 1. The van der Waals surface area contributed by atoms with Crippen molar-refractivity contribution in [1.82, 2.24) is 10.6 Å². The minimum absolute atomic E-state index is 0.0858. The third kappa shape index (κ3) is 3.70. The van der Waals surface area contributed by atoms with Crippen molar-refractivity contribution in [3.8, 4) is 0 Å². The molecule has 3 N–H and O–H groups in total. The number of halogens is 4. The number of carbonyl (C=O) groups excluding carboxylic acids is 1. The van der Waals surface area contributed by atoms with Gasteiger partial charge in [-0.15, -0.1) is 0 Å². The van der Waals surface area contributed by atoms with Gasteiger partial charge in [-0.1, -0.05) is 0 Å². The van der Waals surface area contributed by atoms with Crippen molar-refractivity contribution in [3.05, 3.63) is 35.1 Å². The predicted molar refractivity (Wildman–Crippen MR) is 66.2 cm³/mol. The highest BCUT2D eigenvalue weighted by Gasteiger charge is 2.35. The van der Waals surface area contributed by atoms with Crippen LogP contribution in [0.4, 0.5) is 17.6 Å². The lowest BCUT2D eigenvalue weighted by atomic mass is 10.0. The molecule has 4 nitrogen and oxygen atoms in total. The highest BCUT2D eigenvalue weighted by molar-refractivity contribution is 5.94. The molecule has 8 heteroatoms. The number of β-amino-alcohol motifs (C(OH)–C–C–N with tert-alkyl or cyclic N) is 1. The van der Waals surface area contributed by atoms with Crippen LogP contribution in [-0.2, 0) is 6.18 Å². The van der Waals surface area contributed by atoms with E-state index in [9.17, 15) is 27.5 Å². The lowest BCUT2D eigenvalue weighted by molar-refractivity contribution is -0.140. The highest BCUT2D eigenvalue weighted by Crippen LogP contribution is 2.31. The van der Waals surface area contributed by atoms with E-state index in [4.69, 9.17) is 0 Å². The normalized spacial score (nSPS) is 22.3. The zero-order valence-corrected chi connectivity index (χ0v) is 10.9. The van der Waals surface area contributed by atoms with Crippen LogP contribution >= 0.6 is 0 Å². The van der Waals surface area contributed by atoms with Crippen LogP contribution in [0.3, 0.4) is 0 Å². The molecule has 1 aliphatic rings. The van der Waals surface area contributed by atoms with E-state index in [-0.39, 0.29) is 12.1 Å². The molecule has 116 valence electrons. The Labute approximate surface area is 118 Å². The van der Waals surface area contributed by atoms with Gasteiger partial charge in [-0.05, 0) is 31.2 Å². The van der Waals surface area contributed by atoms with Gasteiger partial charge in [0.15, 0.2) is 0 Å². The summed E-state index contributed by atoms with van der Waals surface area (Å²) >= 11 is 0. The molecule has 1 saturated heterocycles. The first-order valence-electron chi connectivity index (χ1n) is 6.29. The lowest BCUT2D eigenvalue weighted by Gasteiger charge is -2.21. The van der Waals surface area contributed by atoms with E-state index in [1.54, 1.807) is 0 Å². The Morgan fingerprint density at radius 2 is 2.14 bits per heavy atom. The Morgan fingerprint density at radius 3 is 2.71 bits per heavy atom. The Hall–Kier alpha value is -1.67. The first-order chi connectivity index (χ1) is 9.71. The van der Waals surface area contributed by atoms with E-state index >= 15 is 0 Å². The number of benzene rings is 1. The molecule has 0 radical (unpaired) electrons. The van der Waals surface area contributed by atoms with Crippen molar-refractivity contribution in [2.24, 2.45) is 0 Å². The predicted octanol–water partition coefficient (Wildman–Crippen LogP) is 1.30. The molecule has 1 unspecified atom stereocenters. The topological polar surface area (TPSA) is 61.4 Å². The quantitative estimate of drug-likeness (QED) is 0.738. The molecule has 0 saturated carbocycles. The fourth-order valence-corrected chi connectivity index (χ4v) is 2.11. The van der Waals surface area contributed by atoms with Crippen LogP contribution in [0, 0.1) is 5.82 Å². The summed E-state index contributed by atoms with van der Waals surface area (Å²) in [6.45, 7) is 0.809. The van der Waals surface area contributed by atoms with Gasteiger partial charge in [0.2, 0.25) is 0 Å². The Morgan fingerprint density at radius 1 is 1.43 bits per heavy atom. The van der Waals surface area contributed by atoms with Gasteiger partial charge < -0.3 is 15.7 Å². The van der Waals surface area contributed by atoms with Gasteiger partial charge in [-0.3, -0.25) is 4.79 Å². The Balaban J connectivity index is 2.09. The summed E-state index contributed by atoms with van der Waals surface area (Å²) in [4.78, 5) is 11.8. The van der Waals surface area contributed by atoms with Gasteiger partial charge >= 0.3 is 6.18 Å². The van der Waals surface area contributed by atoms with E-state index < -0.39 is 29.1 Å². The SMILES string of the molecule is O=C(NCC1(O)CCNC1)c1ccc(F)c(C(F)(F)F)c1. The third-order valence-electron chi connectivity index (χ3n) is 3.33. The number of hydrogen-bond acceptors (Lipinski definition) is 3. The maximum absolute atomic E-state index is 13.1. The van der Waals surface area contributed by atoms with Crippen molar-refractivity contribution < 1.29 is 27.5 Å². The summed E-state index contributed by atoms with van der Waals surface area (Å²) < 4.78 is 50.8. The molecule has 0 aromatic heterocycles. The molecule has 1 amide bonds. The van der Waals surface area contributed by atoms with Gasteiger partial charge in [0.05, 0.1) is 11.2 Å². The summed E-state index contributed by atoms with van der Waals surface area (Å²) in [6.07, 6.45) is -4.43. The molecular formula is C13H14F4N2O2. The van der Waals surface area contributed by atoms with Crippen LogP contribution in [0.1, 0.15) is 22.3 Å². The van der Waals surface area contributed by atoms with Crippen LogP contribution in [0.5, 0.6) is 0 Å². The van der Waals surface area contributed by atoms with Crippen molar-refractivity contribution in [2.75, 3.05) is 19.6 Å². The molecule has 1 atom stereocenters. The van der Waals surface area contributed by atoms with Gasteiger partial charge in [-0.25, -0.2) is 4.39 Å². The molecule has 1 fully saturated rings. The van der Waals surface area contributed by atoms with E-state index in [0.29, 0.717) is 31.6 Å². The number of hydrogen-bond donors (Lipinski definition) is 3. The van der Waals surface area contributed by atoms with Crippen molar-refractivity contribution in [1.29, 1.82) is 0 Å². The molecule has 1 heterocycles. The minimum atomic E-state index is -4.87. The summed E-state index contributed by atoms with van der Waals surface area (Å²) in [7, 11) is 0. The van der Waals surface area contributed by atoms with E-state index in [1.165, 1.54) is 0 Å². The molecule has 2 rings (SSSR count). The summed E-state index contributed by atoms with van der Waals surface area (Å²) in [6, 6.07) is 2.03. The summed E-state index contributed by atoms with van der Waals surface area (Å²) in [5.74, 6) is -2.22. The number of nitrogens with one attached hydrogen (secondary N) is 2. The molecule has 0 spiro atoms. The fraction of sp³-hybridized carbons (Fsp3) is 0.462. The van der Waals surface area contributed by atoms with Crippen LogP contribution < -0.4 is 10.6 Å². The molecular weight excluding hydrogens is 292 g/mol. The molecule has 21 heavy (non-hydrogen) atoms. The Kier molecular flexibility index (Phi) is 4.20. The average molecular weight is 306 g/mol. The number of rotatable bonds is 3. The number of aliphatic hydroxyl groups is 1. The van der Waals surface area contributed by atoms with Gasteiger partial charge in [-0.2, -0.15) is 13.2 Å². The van der Waals surface area contributed by atoms with E-state index in [2.05, 4.69) is 10.6 Å². The standard InChI is InChI=1S/C13H14F4N2O2/c14-10-2-1-8(5-9(10)13(15,16)17)11(20)19-7-12(21)3-4-18-6-12/h1-2,5,18,21H,3-4,6-7H2,(H,19,20).